The second-order valence-electron chi connectivity index (χ2n) is 19.6. The lowest BCUT2D eigenvalue weighted by Gasteiger charge is -2.35. The van der Waals surface area contributed by atoms with E-state index in [-0.39, 0.29) is 24.2 Å². The number of piperazine rings is 2. The van der Waals surface area contributed by atoms with Crippen molar-refractivity contribution in [2.45, 2.75) is 63.4 Å². The molecule has 0 aliphatic carbocycles. The molecule has 0 spiro atoms. The third kappa shape index (κ3) is 13.0. The van der Waals surface area contributed by atoms with E-state index in [1.807, 2.05) is 88.3 Å². The second kappa shape index (κ2) is 22.5. The topological polar surface area (TPSA) is 184 Å². The van der Waals surface area contributed by atoms with Crippen molar-refractivity contribution < 1.29 is 28.6 Å². The number of anilines is 4. The number of aryl methyl sites for hydroxylation is 2. The van der Waals surface area contributed by atoms with Gasteiger partial charge in [0.25, 0.3) is 0 Å². The Balaban J connectivity index is 0.000000183. The maximum atomic E-state index is 12.6. The lowest BCUT2D eigenvalue weighted by atomic mass is 10.1. The van der Waals surface area contributed by atoms with Crippen LogP contribution >= 0.6 is 23.2 Å². The molecular formula is C53H62Cl2N12O6. The fraction of sp³-hybridized carbons (Fsp3) is 0.377. The van der Waals surface area contributed by atoms with Gasteiger partial charge in [0.05, 0.1) is 11.4 Å². The number of fused-ring (bicyclic) bond motifs is 4. The van der Waals surface area contributed by atoms with Crippen molar-refractivity contribution >= 4 is 64.1 Å². The molecule has 6 aromatic rings. The summed E-state index contributed by atoms with van der Waals surface area (Å²) >= 11 is 11.8. The van der Waals surface area contributed by atoms with E-state index in [9.17, 15) is 14.4 Å². The Morgan fingerprint density at radius 1 is 0.616 bits per heavy atom. The number of carbonyl (C=O) groups is 3. The Morgan fingerprint density at radius 2 is 1.10 bits per heavy atom. The zero-order chi connectivity index (χ0) is 51.2. The summed E-state index contributed by atoms with van der Waals surface area (Å²) in [5, 5.41) is 24.7. The van der Waals surface area contributed by atoms with Gasteiger partial charge in [-0.1, -0.05) is 23.2 Å². The molecule has 18 nitrogen and oxygen atoms in total. The van der Waals surface area contributed by atoms with Crippen molar-refractivity contribution in [3.8, 4) is 34.0 Å². The molecular weight excluding hydrogens is 972 g/mol. The van der Waals surface area contributed by atoms with Crippen molar-refractivity contribution in [1.29, 1.82) is 0 Å². The summed E-state index contributed by atoms with van der Waals surface area (Å²) in [4.78, 5) is 44.4. The van der Waals surface area contributed by atoms with Crippen molar-refractivity contribution in [2.75, 3.05) is 73.7 Å². The summed E-state index contributed by atoms with van der Waals surface area (Å²) in [6.07, 6.45) is 5.44. The van der Waals surface area contributed by atoms with Crippen LogP contribution < -0.4 is 36.1 Å². The molecule has 4 unspecified atom stereocenters. The number of nitrogens with one attached hydrogen (secondary N) is 5. The first-order chi connectivity index (χ1) is 35.1. The first-order valence-electron chi connectivity index (χ1n) is 24.5. The van der Waals surface area contributed by atoms with Gasteiger partial charge in [-0.25, -0.2) is 14.4 Å². The van der Waals surface area contributed by atoms with Crippen LogP contribution in [0.2, 0.25) is 10.0 Å². The molecule has 20 heteroatoms. The first-order valence-corrected chi connectivity index (χ1v) is 25.2. The fourth-order valence-corrected chi connectivity index (χ4v) is 10.1. The molecule has 4 aliphatic rings. The number of ether oxygens (including phenoxy) is 3. The molecule has 384 valence electrons. The number of aromatic nitrogens is 4. The Labute approximate surface area is 435 Å². The molecule has 4 atom stereocenters. The molecule has 4 aliphatic heterocycles. The van der Waals surface area contributed by atoms with Gasteiger partial charge < -0.3 is 45.7 Å². The number of hydrogen-bond acceptors (Lipinski definition) is 11. The monoisotopic (exact) mass is 1030 g/mol. The molecule has 4 aromatic carbocycles. The maximum absolute atomic E-state index is 12.6. The third-order valence-corrected chi connectivity index (χ3v) is 13.8. The quantitative estimate of drug-likeness (QED) is 0.0701. The van der Waals surface area contributed by atoms with Gasteiger partial charge in [-0.15, -0.1) is 0 Å². The first kappa shape index (κ1) is 51.1. The number of benzene rings is 4. The second-order valence-corrected chi connectivity index (χ2v) is 20.5. The largest absolute Gasteiger partial charge is 0.492 e. The lowest BCUT2D eigenvalue weighted by molar-refractivity contribution is 0.0122. The van der Waals surface area contributed by atoms with E-state index in [2.05, 4.69) is 46.6 Å². The maximum Gasteiger partial charge on any atom is 0.410 e. The standard InChI is InChI=1S/C29H35ClN6O4.C24H27ClN6O2/c1-29(2,3)40-28(38)36-18-22-16-23(36)17-35(22)13-14-39-26-10-9-21(15-24(26)25-11-12-31-34(25)4)33-27(37)32-20-7-5-19(30)6-8-20;1-30-22(8-9-27-30)21-13-18(29-24(32)28-17-4-2-16(25)3-5-17)6-7-23(21)33-11-10-31-15-19-12-20(31)14-26-19/h5-12,15,22-23H,13-14,16-18H2,1-4H3,(H2,32,33,37);2-9,13,19-20,26H,10-12,14-15H2,1H3,(H2,28,29,32). The lowest BCUT2D eigenvalue weighted by Crippen LogP contribution is -2.50. The van der Waals surface area contributed by atoms with Crippen molar-refractivity contribution in [3.05, 3.63) is 120 Å². The van der Waals surface area contributed by atoms with Gasteiger partial charge in [0.15, 0.2) is 0 Å². The van der Waals surface area contributed by atoms with Crippen LogP contribution in [0.15, 0.2) is 109 Å². The number of hydrogen-bond donors (Lipinski definition) is 5. The van der Waals surface area contributed by atoms with Crippen molar-refractivity contribution in [1.82, 2.24) is 39.6 Å². The SMILES string of the molecule is Cn1nccc1-c1cc(NC(=O)Nc2ccc(Cl)cc2)ccc1OCCN1CC2CC1CN2.Cn1nccc1-c1cc(NC(=O)Nc2ccc(Cl)cc2)ccc1OCCN1CC2CC1CN2C(=O)OC(C)(C)C. The fourth-order valence-electron chi connectivity index (χ4n) is 9.83. The molecule has 4 bridgehead atoms. The highest BCUT2D eigenvalue weighted by Crippen LogP contribution is 2.36. The number of carbonyl (C=O) groups excluding carboxylic acids is 3. The highest BCUT2D eigenvalue weighted by atomic mass is 35.5. The summed E-state index contributed by atoms with van der Waals surface area (Å²) in [5.74, 6) is 1.47. The zero-order valence-electron chi connectivity index (χ0n) is 41.6. The number of urea groups is 2. The zero-order valence-corrected chi connectivity index (χ0v) is 43.1. The summed E-state index contributed by atoms with van der Waals surface area (Å²) < 4.78 is 21.6. The molecule has 10 rings (SSSR count). The minimum atomic E-state index is -0.496. The van der Waals surface area contributed by atoms with Crippen LogP contribution in [-0.2, 0) is 18.8 Å². The number of amides is 5. The molecule has 0 radical (unpaired) electrons. The van der Waals surface area contributed by atoms with Gasteiger partial charge in [0.1, 0.15) is 30.3 Å². The molecule has 4 fully saturated rings. The predicted molar refractivity (Wildman–Crippen MR) is 285 cm³/mol. The van der Waals surface area contributed by atoms with Gasteiger partial charge >= 0.3 is 18.2 Å². The molecule has 6 heterocycles. The highest BCUT2D eigenvalue weighted by Gasteiger charge is 2.46. The minimum Gasteiger partial charge on any atom is -0.492 e. The summed E-state index contributed by atoms with van der Waals surface area (Å²) in [5.41, 5.74) is 5.56. The highest BCUT2D eigenvalue weighted by molar-refractivity contribution is 6.31. The molecule has 0 saturated carbocycles. The smallest absolute Gasteiger partial charge is 0.410 e. The van der Waals surface area contributed by atoms with Crippen molar-refractivity contribution in [2.24, 2.45) is 14.1 Å². The van der Waals surface area contributed by atoms with E-state index in [0.717, 1.165) is 67.4 Å². The van der Waals surface area contributed by atoms with Gasteiger partial charge in [-0.05, 0) is 131 Å². The van der Waals surface area contributed by atoms with E-state index in [1.54, 1.807) is 70.3 Å². The van der Waals surface area contributed by atoms with Gasteiger partial charge in [-0.3, -0.25) is 19.2 Å². The van der Waals surface area contributed by atoms with Crippen LogP contribution in [-0.4, -0.2) is 135 Å². The van der Waals surface area contributed by atoms with E-state index in [4.69, 9.17) is 37.4 Å². The van der Waals surface area contributed by atoms with Gasteiger partial charge in [0.2, 0.25) is 0 Å². The average Bonchev–Trinajstić information content (AvgIpc) is 4.24. The number of rotatable bonds is 14. The van der Waals surface area contributed by atoms with Crippen molar-refractivity contribution in [3.63, 3.8) is 0 Å². The van der Waals surface area contributed by atoms with E-state index >= 15 is 0 Å². The van der Waals surface area contributed by atoms with E-state index in [0.29, 0.717) is 76.4 Å². The molecule has 5 amide bonds. The Bertz CT molecular complexity index is 2890. The van der Waals surface area contributed by atoms with Crippen LogP contribution in [0.3, 0.4) is 0 Å². The Morgan fingerprint density at radius 3 is 1.51 bits per heavy atom. The number of halogens is 2. The normalized spacial score (nSPS) is 19.0. The average molecular weight is 1030 g/mol. The number of likely N-dealkylation sites (tertiary alicyclic amines) is 3. The van der Waals surface area contributed by atoms with E-state index in [1.165, 1.54) is 6.42 Å². The third-order valence-electron chi connectivity index (χ3n) is 13.3. The number of nitrogens with zero attached hydrogens (tertiary/aromatic N) is 7. The van der Waals surface area contributed by atoms with Crippen LogP contribution in [0.4, 0.5) is 37.1 Å². The van der Waals surface area contributed by atoms with Crippen LogP contribution in [0.25, 0.3) is 22.5 Å². The summed E-state index contributed by atoms with van der Waals surface area (Å²) in [6, 6.07) is 30.0. The summed E-state index contributed by atoms with van der Waals surface area (Å²) in [7, 11) is 3.75. The van der Waals surface area contributed by atoms with E-state index < -0.39 is 5.60 Å². The van der Waals surface area contributed by atoms with Crippen LogP contribution in [0, 0.1) is 0 Å². The van der Waals surface area contributed by atoms with Crippen LogP contribution in [0.1, 0.15) is 33.6 Å². The predicted octanol–water partition coefficient (Wildman–Crippen LogP) is 9.27. The molecule has 4 saturated heterocycles. The molecule has 73 heavy (non-hydrogen) atoms. The Kier molecular flexibility index (Phi) is 15.8. The molecule has 2 aromatic heterocycles. The van der Waals surface area contributed by atoms with Gasteiger partial charge in [0, 0.05) is 134 Å². The summed E-state index contributed by atoms with van der Waals surface area (Å²) in [6.45, 7) is 12.1. The van der Waals surface area contributed by atoms with Crippen LogP contribution in [0.5, 0.6) is 11.5 Å². The van der Waals surface area contributed by atoms with Gasteiger partial charge in [-0.2, -0.15) is 10.2 Å². The molecule has 5 N–H and O–H groups in total. The minimum absolute atomic E-state index is 0.175. The Hall–Kier alpha value is -6.83.